The van der Waals surface area contributed by atoms with E-state index < -0.39 is 0 Å². The third kappa shape index (κ3) is 2.24. The molecule has 2 atom stereocenters. The van der Waals surface area contributed by atoms with Gasteiger partial charge in [-0.05, 0) is 12.8 Å². The molecule has 2 unspecified atom stereocenters. The zero-order valence-corrected chi connectivity index (χ0v) is 11.6. The summed E-state index contributed by atoms with van der Waals surface area (Å²) in [6.45, 7) is 1.53. The molecule has 2 fully saturated rings. The number of carbonyl (C=O) groups excluding carboxylic acids is 2. The molecular weight excluding hydrogens is 258 g/mol. The molecule has 3 rings (SSSR count). The number of carbonyl (C=O) groups is 2. The van der Waals surface area contributed by atoms with Gasteiger partial charge in [-0.2, -0.15) is 0 Å². The molecule has 6 heteroatoms. The van der Waals surface area contributed by atoms with E-state index in [0.29, 0.717) is 31.9 Å². The maximum Gasteiger partial charge on any atom is 0.272 e. The summed E-state index contributed by atoms with van der Waals surface area (Å²) in [4.78, 5) is 30.4. The number of imidazole rings is 1. The van der Waals surface area contributed by atoms with Gasteiger partial charge in [-0.15, -0.1) is 0 Å². The van der Waals surface area contributed by atoms with Crippen LogP contribution in [0.5, 0.6) is 0 Å². The minimum Gasteiger partial charge on any atom is -0.377 e. The molecule has 0 aromatic carbocycles. The molecule has 20 heavy (non-hydrogen) atoms. The molecular formula is C14H19N3O3. The zero-order valence-electron chi connectivity index (χ0n) is 11.6. The number of aromatic nitrogens is 2. The highest BCUT2D eigenvalue weighted by molar-refractivity contribution is 5.93. The van der Waals surface area contributed by atoms with Gasteiger partial charge in [0.15, 0.2) is 0 Å². The Morgan fingerprint density at radius 3 is 3.00 bits per heavy atom. The summed E-state index contributed by atoms with van der Waals surface area (Å²) in [6.07, 6.45) is 5.61. The maximum absolute atomic E-state index is 12.7. The first-order valence-electron chi connectivity index (χ1n) is 7.06. The molecule has 2 heterocycles. The predicted molar refractivity (Wildman–Crippen MR) is 71.2 cm³/mol. The minimum atomic E-state index is -0.124. The normalized spacial score (nSPS) is 27.1. The molecule has 1 saturated heterocycles. The highest BCUT2D eigenvalue weighted by Crippen LogP contribution is 2.29. The Hall–Kier alpha value is -1.69. The number of Topliss-reactive ketones (excluding diaryl/α,β-unsaturated/α-hetero) is 1. The van der Waals surface area contributed by atoms with Gasteiger partial charge in [0.2, 0.25) is 0 Å². The fourth-order valence-electron chi connectivity index (χ4n) is 3.17. The molecule has 1 aromatic heterocycles. The van der Waals surface area contributed by atoms with Crippen LogP contribution in [-0.4, -0.2) is 51.9 Å². The van der Waals surface area contributed by atoms with E-state index in [0.717, 1.165) is 12.8 Å². The average Bonchev–Trinajstić information content (AvgIpc) is 3.06. The molecule has 1 amide bonds. The molecule has 1 aliphatic carbocycles. The van der Waals surface area contributed by atoms with E-state index in [-0.39, 0.29) is 23.7 Å². The number of ketones is 1. The molecule has 0 bridgehead atoms. The van der Waals surface area contributed by atoms with E-state index in [2.05, 4.69) is 4.98 Å². The van der Waals surface area contributed by atoms with Crippen LogP contribution in [0.15, 0.2) is 12.5 Å². The van der Waals surface area contributed by atoms with Crippen LogP contribution >= 0.6 is 0 Å². The van der Waals surface area contributed by atoms with Crippen LogP contribution in [0.4, 0.5) is 0 Å². The fraction of sp³-hybridized carbons (Fsp3) is 0.643. The van der Waals surface area contributed by atoms with Crippen LogP contribution in [0.1, 0.15) is 29.8 Å². The molecule has 1 aliphatic heterocycles. The largest absolute Gasteiger partial charge is 0.377 e. The number of nitrogens with zero attached hydrogens (tertiary/aromatic N) is 3. The number of rotatable bonds is 2. The van der Waals surface area contributed by atoms with Crippen LogP contribution in [-0.2, 0) is 16.6 Å². The number of amides is 1. The monoisotopic (exact) mass is 277 g/mol. The summed E-state index contributed by atoms with van der Waals surface area (Å²) >= 11 is 0. The molecule has 1 aromatic rings. The maximum atomic E-state index is 12.7. The Morgan fingerprint density at radius 2 is 2.35 bits per heavy atom. The van der Waals surface area contributed by atoms with Gasteiger partial charge < -0.3 is 14.2 Å². The Bertz CT molecular complexity index is 525. The standard InChI is InChI=1S/C14H19N3O3/c1-16-9-15-7-11(16)14(19)17-5-6-20-8-12(17)10-3-2-4-13(10)18/h7,9-10,12H,2-6,8H2,1H3. The van der Waals surface area contributed by atoms with Crippen LogP contribution in [0, 0.1) is 5.92 Å². The summed E-state index contributed by atoms with van der Waals surface area (Å²) in [6, 6.07) is -0.124. The highest BCUT2D eigenvalue weighted by Gasteiger charge is 2.40. The van der Waals surface area contributed by atoms with E-state index in [4.69, 9.17) is 4.74 Å². The Balaban J connectivity index is 1.84. The SMILES string of the molecule is Cn1cncc1C(=O)N1CCOCC1C1CCCC1=O. The Labute approximate surface area is 117 Å². The van der Waals surface area contributed by atoms with Crippen molar-refractivity contribution in [2.45, 2.75) is 25.3 Å². The van der Waals surface area contributed by atoms with Crippen molar-refractivity contribution >= 4 is 11.7 Å². The average molecular weight is 277 g/mol. The highest BCUT2D eigenvalue weighted by atomic mass is 16.5. The molecule has 108 valence electrons. The topological polar surface area (TPSA) is 64.4 Å². The van der Waals surface area contributed by atoms with Crippen LogP contribution < -0.4 is 0 Å². The quantitative estimate of drug-likeness (QED) is 0.795. The van der Waals surface area contributed by atoms with E-state index in [1.54, 1.807) is 29.0 Å². The Morgan fingerprint density at radius 1 is 1.50 bits per heavy atom. The second kappa shape index (κ2) is 5.36. The Kier molecular flexibility index (Phi) is 3.56. The van der Waals surface area contributed by atoms with E-state index in [9.17, 15) is 9.59 Å². The molecule has 1 saturated carbocycles. The summed E-state index contributed by atoms with van der Waals surface area (Å²) < 4.78 is 7.22. The fourth-order valence-corrected chi connectivity index (χ4v) is 3.17. The third-order valence-electron chi connectivity index (χ3n) is 4.28. The lowest BCUT2D eigenvalue weighted by atomic mass is 9.95. The second-order valence-corrected chi connectivity index (χ2v) is 5.50. The summed E-state index contributed by atoms with van der Waals surface area (Å²) in [5.41, 5.74) is 0.558. The zero-order chi connectivity index (χ0) is 14.1. The molecule has 0 radical (unpaired) electrons. The number of aryl methyl sites for hydroxylation is 1. The minimum absolute atomic E-state index is 0.0574. The van der Waals surface area contributed by atoms with Gasteiger partial charge >= 0.3 is 0 Å². The van der Waals surface area contributed by atoms with Crippen molar-refractivity contribution < 1.29 is 14.3 Å². The van der Waals surface area contributed by atoms with E-state index in [1.807, 2.05) is 0 Å². The number of hydrogen-bond acceptors (Lipinski definition) is 4. The van der Waals surface area contributed by atoms with E-state index in [1.165, 1.54) is 0 Å². The van der Waals surface area contributed by atoms with Gasteiger partial charge in [-0.25, -0.2) is 4.98 Å². The third-order valence-corrected chi connectivity index (χ3v) is 4.28. The lowest BCUT2D eigenvalue weighted by molar-refractivity contribution is -0.124. The predicted octanol–water partition coefficient (Wildman–Crippen LogP) is 0.630. The number of morpholine rings is 1. The molecule has 6 nitrogen and oxygen atoms in total. The summed E-state index contributed by atoms with van der Waals surface area (Å²) in [5.74, 6) is 0.147. The van der Waals surface area contributed by atoms with Crippen LogP contribution in [0.2, 0.25) is 0 Å². The van der Waals surface area contributed by atoms with Crippen LogP contribution in [0.25, 0.3) is 0 Å². The molecule has 0 spiro atoms. The van der Waals surface area contributed by atoms with Gasteiger partial charge in [0.05, 0.1) is 31.8 Å². The number of ether oxygens (including phenoxy) is 1. The first-order chi connectivity index (χ1) is 9.68. The van der Waals surface area contributed by atoms with Crippen molar-refractivity contribution in [1.82, 2.24) is 14.5 Å². The molecule has 0 N–H and O–H groups in total. The van der Waals surface area contributed by atoms with Gasteiger partial charge in [-0.3, -0.25) is 9.59 Å². The summed E-state index contributed by atoms with van der Waals surface area (Å²) in [5, 5.41) is 0. The van der Waals surface area contributed by atoms with Crippen molar-refractivity contribution in [3.05, 3.63) is 18.2 Å². The van der Waals surface area contributed by atoms with Gasteiger partial charge in [0.25, 0.3) is 5.91 Å². The van der Waals surface area contributed by atoms with Crippen molar-refractivity contribution in [2.75, 3.05) is 19.8 Å². The van der Waals surface area contributed by atoms with Crippen molar-refractivity contribution in [3.8, 4) is 0 Å². The molecule has 2 aliphatic rings. The first kappa shape index (κ1) is 13.3. The van der Waals surface area contributed by atoms with Crippen molar-refractivity contribution in [2.24, 2.45) is 13.0 Å². The van der Waals surface area contributed by atoms with Crippen molar-refractivity contribution in [1.29, 1.82) is 0 Å². The van der Waals surface area contributed by atoms with Gasteiger partial charge in [0.1, 0.15) is 11.5 Å². The lowest BCUT2D eigenvalue weighted by Gasteiger charge is -2.38. The summed E-state index contributed by atoms with van der Waals surface area (Å²) in [7, 11) is 1.80. The smallest absolute Gasteiger partial charge is 0.272 e. The van der Waals surface area contributed by atoms with Crippen LogP contribution in [0.3, 0.4) is 0 Å². The van der Waals surface area contributed by atoms with Crippen molar-refractivity contribution in [3.63, 3.8) is 0 Å². The first-order valence-corrected chi connectivity index (χ1v) is 7.06. The van der Waals surface area contributed by atoms with Gasteiger partial charge in [0, 0.05) is 25.9 Å². The second-order valence-electron chi connectivity index (χ2n) is 5.50. The number of hydrogen-bond donors (Lipinski definition) is 0. The van der Waals surface area contributed by atoms with Gasteiger partial charge in [-0.1, -0.05) is 0 Å². The lowest BCUT2D eigenvalue weighted by Crippen LogP contribution is -2.53. The van der Waals surface area contributed by atoms with E-state index >= 15 is 0 Å².